The Balaban J connectivity index is 2.89. The van der Waals surface area contributed by atoms with E-state index >= 15 is 0 Å². The Morgan fingerprint density at radius 3 is 2.29 bits per heavy atom. The number of aliphatic hydroxyl groups is 1. The van der Waals surface area contributed by atoms with E-state index in [1.54, 1.807) is 34.6 Å². The summed E-state index contributed by atoms with van der Waals surface area (Å²) < 4.78 is 9.88. The van der Waals surface area contributed by atoms with E-state index < -0.39 is 41.8 Å². The van der Waals surface area contributed by atoms with Crippen molar-refractivity contribution in [1.29, 1.82) is 0 Å². The van der Waals surface area contributed by atoms with Gasteiger partial charge in [-0.2, -0.15) is 0 Å². The summed E-state index contributed by atoms with van der Waals surface area (Å²) in [7, 11) is 1.23. The van der Waals surface area contributed by atoms with Crippen LogP contribution < -0.4 is 5.32 Å². The molecule has 0 spiro atoms. The largest absolute Gasteiger partial charge is 0.467 e. The number of β-amino-alcohol motifs (C(OH)–C–C–N with tert-alkyl or cyclic N) is 1. The van der Waals surface area contributed by atoms with Crippen LogP contribution >= 0.6 is 0 Å². The van der Waals surface area contributed by atoms with Crippen molar-refractivity contribution in [3.05, 3.63) is 0 Å². The van der Waals surface area contributed by atoms with Crippen LogP contribution in [-0.4, -0.2) is 65.4 Å². The summed E-state index contributed by atoms with van der Waals surface area (Å²) >= 11 is 0. The van der Waals surface area contributed by atoms with Gasteiger partial charge in [0.15, 0.2) is 0 Å². The van der Waals surface area contributed by atoms with E-state index in [9.17, 15) is 19.5 Å². The highest BCUT2D eigenvalue weighted by Gasteiger charge is 2.43. The lowest BCUT2D eigenvalue weighted by Crippen LogP contribution is -2.54. The number of amides is 2. The summed E-state index contributed by atoms with van der Waals surface area (Å²) in [5, 5.41) is 12.4. The van der Waals surface area contributed by atoms with Gasteiger partial charge < -0.3 is 24.8 Å². The molecule has 2 amide bonds. The molecule has 0 aromatic heterocycles. The van der Waals surface area contributed by atoms with Gasteiger partial charge in [-0.05, 0) is 26.7 Å². The van der Waals surface area contributed by atoms with Crippen LogP contribution in [0.2, 0.25) is 0 Å². The smallest absolute Gasteiger partial charge is 0.408 e. The van der Waals surface area contributed by atoms with Crippen molar-refractivity contribution in [3.8, 4) is 0 Å². The van der Waals surface area contributed by atoms with Gasteiger partial charge in [0, 0.05) is 13.0 Å². The maximum Gasteiger partial charge on any atom is 0.408 e. The molecule has 0 bridgehead atoms. The van der Waals surface area contributed by atoms with Gasteiger partial charge in [0.1, 0.15) is 17.7 Å². The lowest BCUT2D eigenvalue weighted by molar-refractivity contribution is -0.152. The fourth-order valence-corrected chi connectivity index (χ4v) is 2.54. The summed E-state index contributed by atoms with van der Waals surface area (Å²) in [5.41, 5.74) is -0.687. The summed E-state index contributed by atoms with van der Waals surface area (Å²) in [6.45, 7) is 8.76. The maximum absolute atomic E-state index is 12.8. The van der Waals surface area contributed by atoms with Crippen molar-refractivity contribution in [2.45, 2.75) is 64.8 Å². The molecule has 0 aromatic rings. The molecular weight excluding hydrogens is 316 g/mol. The molecule has 3 atom stereocenters. The number of nitrogens with zero attached hydrogens (tertiary/aromatic N) is 1. The molecule has 1 aliphatic rings. The molecule has 1 unspecified atom stereocenters. The molecule has 8 nitrogen and oxygen atoms in total. The van der Waals surface area contributed by atoms with E-state index in [-0.39, 0.29) is 18.9 Å². The van der Waals surface area contributed by atoms with E-state index in [0.717, 1.165) is 0 Å². The summed E-state index contributed by atoms with van der Waals surface area (Å²) in [6, 6.07) is -1.71. The van der Waals surface area contributed by atoms with Crippen molar-refractivity contribution in [2.24, 2.45) is 5.92 Å². The van der Waals surface area contributed by atoms with Crippen molar-refractivity contribution in [1.82, 2.24) is 10.2 Å². The number of carbonyl (C=O) groups excluding carboxylic acids is 3. The molecule has 8 heteroatoms. The van der Waals surface area contributed by atoms with Crippen LogP contribution in [0.5, 0.6) is 0 Å². The molecule has 1 saturated heterocycles. The van der Waals surface area contributed by atoms with Crippen LogP contribution in [0.25, 0.3) is 0 Å². The number of nitrogens with one attached hydrogen (secondary N) is 1. The van der Waals surface area contributed by atoms with E-state index in [0.29, 0.717) is 0 Å². The van der Waals surface area contributed by atoms with E-state index in [2.05, 4.69) is 5.32 Å². The fraction of sp³-hybridized carbons (Fsp3) is 0.812. The number of methoxy groups -OCH3 is 1. The van der Waals surface area contributed by atoms with Gasteiger partial charge in [-0.3, -0.25) is 4.79 Å². The Bertz CT molecular complexity index is 485. The normalized spacial score (nSPS) is 22.2. The van der Waals surface area contributed by atoms with Gasteiger partial charge in [-0.25, -0.2) is 9.59 Å². The molecule has 0 saturated carbocycles. The number of alkyl carbamates (subject to hydrolysis) is 1. The fourth-order valence-electron chi connectivity index (χ4n) is 2.54. The van der Waals surface area contributed by atoms with E-state index in [1.807, 2.05) is 0 Å². The van der Waals surface area contributed by atoms with E-state index in [4.69, 9.17) is 9.47 Å². The number of ether oxygens (including phenoxy) is 2. The molecule has 1 rings (SSSR count). The molecule has 0 radical (unpaired) electrons. The quantitative estimate of drug-likeness (QED) is 0.726. The van der Waals surface area contributed by atoms with Crippen LogP contribution in [0.4, 0.5) is 4.79 Å². The molecule has 1 heterocycles. The summed E-state index contributed by atoms with van der Waals surface area (Å²) in [5.74, 6) is -1.25. The summed E-state index contributed by atoms with van der Waals surface area (Å²) in [6.07, 6.45) is -1.38. The number of likely N-dealkylation sites (tertiary alicyclic amines) is 1. The minimum absolute atomic E-state index is 0.0256. The van der Waals surface area contributed by atoms with Crippen LogP contribution in [0.15, 0.2) is 0 Å². The zero-order valence-corrected chi connectivity index (χ0v) is 15.2. The number of rotatable bonds is 4. The highest BCUT2D eigenvalue weighted by Crippen LogP contribution is 2.22. The minimum atomic E-state index is -0.864. The first-order valence-corrected chi connectivity index (χ1v) is 8.02. The van der Waals surface area contributed by atoms with Crippen LogP contribution in [0.1, 0.15) is 41.0 Å². The van der Waals surface area contributed by atoms with Gasteiger partial charge in [0.25, 0.3) is 0 Å². The highest BCUT2D eigenvalue weighted by molar-refractivity contribution is 5.90. The lowest BCUT2D eigenvalue weighted by atomic mass is 10.0. The van der Waals surface area contributed by atoms with Gasteiger partial charge in [-0.15, -0.1) is 0 Å². The monoisotopic (exact) mass is 344 g/mol. The Hall–Kier alpha value is -1.83. The average Bonchev–Trinajstić information content (AvgIpc) is 2.83. The predicted octanol–water partition coefficient (Wildman–Crippen LogP) is 0.670. The zero-order chi connectivity index (χ0) is 18.7. The number of aliphatic hydroxyl groups excluding tert-OH is 1. The number of carbonyl (C=O) groups is 3. The Morgan fingerprint density at radius 1 is 1.25 bits per heavy atom. The first-order valence-electron chi connectivity index (χ1n) is 8.02. The van der Waals surface area contributed by atoms with Gasteiger partial charge >= 0.3 is 12.1 Å². The lowest BCUT2D eigenvalue weighted by Gasteiger charge is -2.30. The Kier molecular flexibility index (Phi) is 6.59. The van der Waals surface area contributed by atoms with Crippen LogP contribution in [0.3, 0.4) is 0 Å². The first kappa shape index (κ1) is 20.2. The summed E-state index contributed by atoms with van der Waals surface area (Å²) in [4.78, 5) is 37.9. The van der Waals surface area contributed by atoms with Gasteiger partial charge in [0.2, 0.25) is 5.91 Å². The van der Waals surface area contributed by atoms with Crippen molar-refractivity contribution < 1.29 is 29.0 Å². The predicted molar refractivity (Wildman–Crippen MR) is 86.1 cm³/mol. The third-order valence-electron chi connectivity index (χ3n) is 3.64. The van der Waals surface area contributed by atoms with E-state index in [1.165, 1.54) is 12.0 Å². The molecule has 1 fully saturated rings. The molecule has 0 aromatic carbocycles. The second kappa shape index (κ2) is 7.83. The van der Waals surface area contributed by atoms with Gasteiger partial charge in [0.05, 0.1) is 13.2 Å². The SMILES string of the molecule is COC(=O)[C@@H]1C[C@H](O)CN1C(=O)C(NC(=O)OC(C)(C)C)C(C)C. The number of esters is 1. The second-order valence-corrected chi connectivity index (χ2v) is 7.29. The Labute approximate surface area is 142 Å². The third-order valence-corrected chi connectivity index (χ3v) is 3.64. The standard InChI is InChI=1S/C16H28N2O6/c1-9(2)12(17-15(22)24-16(3,4)5)13(20)18-8-10(19)7-11(18)14(21)23-6/h9-12,19H,7-8H2,1-6H3,(H,17,22)/t10-,11-,12?/m0/s1. The zero-order valence-electron chi connectivity index (χ0n) is 15.2. The topological polar surface area (TPSA) is 105 Å². The van der Waals surface area contributed by atoms with Crippen molar-refractivity contribution in [3.63, 3.8) is 0 Å². The first-order chi connectivity index (χ1) is 11.0. The van der Waals surface area contributed by atoms with Gasteiger partial charge in [-0.1, -0.05) is 13.8 Å². The molecule has 0 aliphatic carbocycles. The molecular formula is C16H28N2O6. The second-order valence-electron chi connectivity index (χ2n) is 7.29. The van der Waals surface area contributed by atoms with Crippen LogP contribution in [-0.2, 0) is 19.1 Å². The molecule has 1 aliphatic heterocycles. The third kappa shape index (κ3) is 5.36. The number of hydrogen-bond donors (Lipinski definition) is 2. The van der Waals surface area contributed by atoms with Crippen molar-refractivity contribution >= 4 is 18.0 Å². The van der Waals surface area contributed by atoms with Crippen molar-refractivity contribution in [2.75, 3.05) is 13.7 Å². The van der Waals surface area contributed by atoms with Crippen LogP contribution in [0, 0.1) is 5.92 Å². The molecule has 138 valence electrons. The average molecular weight is 344 g/mol. The highest BCUT2D eigenvalue weighted by atomic mass is 16.6. The molecule has 24 heavy (non-hydrogen) atoms. The maximum atomic E-state index is 12.8. The minimum Gasteiger partial charge on any atom is -0.467 e. The number of hydrogen-bond acceptors (Lipinski definition) is 6. The molecule has 2 N–H and O–H groups in total. The Morgan fingerprint density at radius 2 is 1.83 bits per heavy atom.